The van der Waals surface area contributed by atoms with Gasteiger partial charge in [0.2, 0.25) is 88.6 Å². The number of H-pyrrole nitrogens is 1. The van der Waals surface area contributed by atoms with Gasteiger partial charge in [-0.15, -0.1) is 11.8 Å². The molecule has 130 heavy (non-hydrogen) atoms. The van der Waals surface area contributed by atoms with Crippen LogP contribution in [0.2, 0.25) is 0 Å². The van der Waals surface area contributed by atoms with Gasteiger partial charge in [-0.3, -0.25) is 76.7 Å². The van der Waals surface area contributed by atoms with Crippen molar-refractivity contribution in [3.05, 3.63) is 203 Å². The van der Waals surface area contributed by atoms with Crippen LogP contribution in [0.4, 0.5) is 0 Å². The summed E-state index contributed by atoms with van der Waals surface area (Å²) >= 11 is 0.830. The van der Waals surface area contributed by atoms with E-state index in [9.17, 15) is 53.7 Å². The summed E-state index contributed by atoms with van der Waals surface area (Å²) in [4.78, 5) is 244. The largest absolute Gasteiger partial charge is 0.508 e. The summed E-state index contributed by atoms with van der Waals surface area (Å²) in [6.07, 6.45) is -0.0138. The molecule has 1 aliphatic heterocycles. The van der Waals surface area contributed by atoms with Crippen molar-refractivity contribution in [1.82, 2.24) is 77.3 Å². The highest BCUT2D eigenvalue weighted by atomic mass is 32.2. The molecule has 11 atom stereocenters. The number of aromatic amines is 1. The monoisotopic (exact) mass is 1810 g/mol. The highest BCUT2D eigenvalue weighted by molar-refractivity contribution is 8.00. The number of carbonyl (C=O) groups excluding carboxylic acids is 15. The number of fused-ring (bicyclic) bond motifs is 1. The molecule has 0 bridgehead atoms. The number of carboxylic acid groups (broad SMARTS) is 1. The van der Waals surface area contributed by atoms with E-state index in [1.165, 1.54) is 93.6 Å². The molecule has 0 spiro atoms. The lowest BCUT2D eigenvalue weighted by Gasteiger charge is -2.37. The van der Waals surface area contributed by atoms with Gasteiger partial charge in [0.25, 0.3) is 0 Å². The van der Waals surface area contributed by atoms with Gasteiger partial charge in [0.15, 0.2) is 0 Å². The van der Waals surface area contributed by atoms with Crippen molar-refractivity contribution in [3.63, 3.8) is 0 Å². The van der Waals surface area contributed by atoms with Crippen LogP contribution in [0.15, 0.2) is 170 Å². The van der Waals surface area contributed by atoms with Crippen LogP contribution in [-0.2, 0) is 115 Å². The van der Waals surface area contributed by atoms with E-state index in [1.807, 2.05) is 6.92 Å². The van der Waals surface area contributed by atoms with E-state index in [0.717, 1.165) is 26.5 Å². The Morgan fingerprint density at radius 3 is 1.39 bits per heavy atom. The minimum absolute atomic E-state index is 0.0305. The summed E-state index contributed by atoms with van der Waals surface area (Å²) in [5.41, 5.74) is 9.13. The van der Waals surface area contributed by atoms with E-state index >= 15 is 38.4 Å². The molecule has 0 radical (unpaired) electrons. The summed E-state index contributed by atoms with van der Waals surface area (Å²) in [7, 11) is 6.56. The molecule has 696 valence electrons. The fourth-order valence-corrected chi connectivity index (χ4v) is 16.0. The topological polar surface area (TPSA) is 500 Å². The minimum Gasteiger partial charge on any atom is -0.508 e. The second-order valence-corrected chi connectivity index (χ2v) is 34.6. The van der Waals surface area contributed by atoms with E-state index in [0.29, 0.717) is 57.1 Å². The number of primary amides is 1. The molecule has 2 heterocycles. The number of nitrogens with one attached hydrogen (secondary N) is 10. The smallest absolute Gasteiger partial charge is 0.305 e. The molecule has 6 aromatic carbocycles. The zero-order valence-corrected chi connectivity index (χ0v) is 75.6. The lowest BCUT2D eigenvalue weighted by Crippen LogP contribution is -2.60. The molecule has 1 fully saturated rings. The number of carbonyl (C=O) groups is 16. The first-order valence-electron chi connectivity index (χ1n) is 43.1. The number of carboxylic acids is 1. The molecule has 0 saturated carbocycles. The fourth-order valence-electron chi connectivity index (χ4n) is 15.2. The Kier molecular flexibility index (Phi) is 38.8. The van der Waals surface area contributed by atoms with E-state index in [4.69, 9.17) is 5.73 Å². The van der Waals surface area contributed by atoms with Crippen molar-refractivity contribution < 1.29 is 92.0 Å². The Hall–Kier alpha value is -13.7. The van der Waals surface area contributed by atoms with E-state index in [2.05, 4.69) is 52.8 Å². The van der Waals surface area contributed by atoms with Gasteiger partial charge >= 0.3 is 5.97 Å². The number of hydrogen-bond donors (Lipinski definition) is 14. The number of benzene rings is 6. The van der Waals surface area contributed by atoms with Crippen LogP contribution < -0.4 is 53.6 Å². The number of unbranched alkanes of at least 4 members (excludes halogenated alkanes) is 1. The van der Waals surface area contributed by atoms with E-state index in [-0.39, 0.29) is 86.9 Å². The summed E-state index contributed by atoms with van der Waals surface area (Å²) in [5.74, 6) is -17.0. The number of nitrogens with two attached hydrogens (primary N) is 1. The number of thioether (sulfide) groups is 1. The molecule has 0 unspecified atom stereocenters. The van der Waals surface area contributed by atoms with Crippen LogP contribution in [0.25, 0.3) is 10.9 Å². The van der Waals surface area contributed by atoms with Gasteiger partial charge in [-0.1, -0.05) is 181 Å². The third-order valence-electron chi connectivity index (χ3n) is 22.2. The molecule has 15 amide bonds. The number of hydrogen-bond acceptors (Lipinski definition) is 19. The number of amides is 15. The minimum atomic E-state index is -1.90. The van der Waals surface area contributed by atoms with Crippen LogP contribution >= 0.6 is 11.8 Å². The first kappa shape index (κ1) is 102. The first-order chi connectivity index (χ1) is 61.9. The summed E-state index contributed by atoms with van der Waals surface area (Å²) in [6.45, 7) is 6.52. The maximum absolute atomic E-state index is 15.5. The molecule has 15 N–H and O–H groups in total. The molecule has 1 aromatic heterocycles. The highest BCUT2D eigenvalue weighted by Crippen LogP contribution is 2.25. The van der Waals surface area contributed by atoms with Gasteiger partial charge in [-0.2, -0.15) is 0 Å². The van der Waals surface area contributed by atoms with Crippen molar-refractivity contribution in [2.45, 2.75) is 178 Å². The van der Waals surface area contributed by atoms with Gasteiger partial charge in [0.1, 0.15) is 78.0 Å². The predicted molar refractivity (Wildman–Crippen MR) is 487 cm³/mol. The molecule has 1 aliphatic rings. The number of nitrogens with zero attached hydrogens (tertiary/aromatic N) is 5. The third-order valence-corrected chi connectivity index (χ3v) is 23.2. The number of phenols is 2. The van der Waals surface area contributed by atoms with Gasteiger partial charge in [0, 0.05) is 96.6 Å². The Morgan fingerprint density at radius 1 is 0.438 bits per heavy atom. The SMILES string of the molecule is CCCC[C@H]1C(=O)N(C)CC(=O)N[C@@H](CC(=O)O)C(=O)N[C@@H](CC(C)C)C(=O)N(C)[C@@H](Cc2ccccc2)C(=O)N[C@@H](Cc2ccc(O)cc2)C(=O)N(C)CC(=O)N[C@@H](Cc2c[nH]c3ccccc23)C(=O)N[C@@H](Cc2ccc(O)cc2)C(=O)N[C@@H](CC(C)C)C(=O)N[C@H](C(=O)NCC(N)=O)CSCC(=O)N[C@@H](Cc2ccccc2)C(=O)N(C)[C@@H](Cc2ccccc2)C(=O)N1C. The average Bonchev–Trinajstić information content (AvgIpc) is 1.30. The zero-order chi connectivity index (χ0) is 95.0. The second kappa shape index (κ2) is 49.6. The van der Waals surface area contributed by atoms with Gasteiger partial charge in [0.05, 0.1) is 31.8 Å². The van der Waals surface area contributed by atoms with Crippen molar-refractivity contribution in [2.24, 2.45) is 17.6 Å². The van der Waals surface area contributed by atoms with Crippen LogP contribution in [0.5, 0.6) is 11.5 Å². The number of phenolic OH excluding ortho intramolecular Hbond substituents is 2. The fraction of sp³-hybridized carbons (Fsp3) is 0.426. The van der Waals surface area contributed by atoms with Crippen LogP contribution in [0, 0.1) is 11.8 Å². The Bertz CT molecular complexity index is 5090. The number of aromatic hydroxyl groups is 2. The zero-order valence-electron chi connectivity index (χ0n) is 74.8. The summed E-state index contributed by atoms with van der Waals surface area (Å²) < 4.78 is 0. The molecular formula is C94H120N16O19S. The van der Waals surface area contributed by atoms with Crippen LogP contribution in [0.1, 0.15) is 107 Å². The summed E-state index contributed by atoms with van der Waals surface area (Å²) in [5, 5.41) is 55.7. The van der Waals surface area contributed by atoms with Crippen molar-refractivity contribution in [3.8, 4) is 11.5 Å². The lowest BCUT2D eigenvalue weighted by atomic mass is 9.98. The van der Waals surface area contributed by atoms with Gasteiger partial charge in [-0.05, 0) is 94.8 Å². The molecule has 1 saturated heterocycles. The molecule has 36 heteroatoms. The first-order valence-corrected chi connectivity index (χ1v) is 44.3. The van der Waals surface area contributed by atoms with E-state index < -0.39 is 193 Å². The summed E-state index contributed by atoms with van der Waals surface area (Å²) in [6, 6.07) is 27.3. The van der Waals surface area contributed by atoms with Crippen LogP contribution in [-0.4, -0.2) is 272 Å². The molecular weight excluding hydrogens is 1690 g/mol. The number of rotatable bonds is 24. The molecule has 0 aliphatic carbocycles. The van der Waals surface area contributed by atoms with Gasteiger partial charge < -0.3 is 98.4 Å². The Balaban J connectivity index is 1.22. The maximum Gasteiger partial charge on any atom is 0.305 e. The predicted octanol–water partition coefficient (Wildman–Crippen LogP) is 2.72. The maximum atomic E-state index is 15.5. The molecule has 7 aromatic rings. The third kappa shape index (κ3) is 31.1. The Labute approximate surface area is 759 Å². The van der Waals surface area contributed by atoms with Crippen molar-refractivity contribution in [1.29, 1.82) is 0 Å². The number of aliphatic carboxylic acids is 1. The number of aromatic nitrogens is 1. The Morgan fingerprint density at radius 2 is 0.854 bits per heavy atom. The second-order valence-electron chi connectivity index (χ2n) is 33.5. The van der Waals surface area contributed by atoms with E-state index in [1.54, 1.807) is 149 Å². The lowest BCUT2D eigenvalue weighted by molar-refractivity contribution is -0.151. The average molecular weight is 1810 g/mol. The standard InChI is InChI=1S/C94H120N16O19S/c1-11-12-32-76-93(128)107(7)53-81(115)99-71(49-83(117)118)88(123)103-72(42-57(4)5)91(126)109(9)77(46-59-26-18-14-19-27-59)89(124)104-73(45-62-35-39-65(112)40-36-62)90(125)106(6)52-80(114)98-70(48-63-50-96-67-31-23-22-30-66(63)67)87(122)102-69(43-61-33-37-64(111)38-34-61)86(121)101-68(41-56(2)3)85(120)105-75(84(119)97-51-79(95)113)54-130-55-82(116)100-74(44-58-24-16-13-17-25-58)92(127)110(10)78(94(129)108(76)8)47-60-28-20-15-21-29-60/h13-31,33-40,50,56-57,68-78,96,111-112H,11-12,32,41-49,51-55H2,1-10H3,(H2,95,113)(H,97,119)(H,98,114)(H,99,115)(H,100,116)(H,101,121)(H,102,122)(H,103,123)(H,104,124)(H,105,120)(H,117,118)/t68-,69-,70-,71-,72-,73-,74-,75-,76-,77-,78-/m0/s1. The van der Waals surface area contributed by atoms with Crippen molar-refractivity contribution in [2.75, 3.05) is 66.4 Å². The number of para-hydroxylation sites is 1. The molecule has 35 nitrogen and oxygen atoms in total. The van der Waals surface area contributed by atoms with Crippen LogP contribution in [0.3, 0.4) is 0 Å². The van der Waals surface area contributed by atoms with Gasteiger partial charge in [-0.25, -0.2) is 0 Å². The normalized spacial score (nSPS) is 21.8. The quantitative estimate of drug-likeness (QED) is 0.0413. The van der Waals surface area contributed by atoms with Crippen molar-refractivity contribution >= 4 is 117 Å². The highest BCUT2D eigenvalue weighted by Gasteiger charge is 2.42. The molecule has 8 rings (SSSR count). The number of likely N-dealkylation sites (N-methyl/N-ethyl adjacent to an activating group) is 5.